The fourth-order valence-electron chi connectivity index (χ4n) is 3.09. The number of benzene rings is 1. The number of hydrogen-bond donors (Lipinski definition) is 2. The van der Waals surface area contributed by atoms with Gasteiger partial charge in [0, 0.05) is 23.2 Å². The van der Waals surface area contributed by atoms with E-state index in [2.05, 4.69) is 5.32 Å². The molecule has 5 nitrogen and oxygen atoms in total. The molecule has 0 atom stereocenters. The van der Waals surface area contributed by atoms with Crippen LogP contribution in [0.1, 0.15) is 44.0 Å². The maximum atomic E-state index is 12.2. The highest BCUT2D eigenvalue weighted by Crippen LogP contribution is 2.30. The van der Waals surface area contributed by atoms with Crippen molar-refractivity contribution in [3.8, 4) is 0 Å². The third-order valence-electron chi connectivity index (χ3n) is 4.18. The maximum Gasteiger partial charge on any atom is 0.226 e. The molecule has 1 aliphatic carbocycles. The van der Waals surface area contributed by atoms with Gasteiger partial charge in [0.15, 0.2) is 6.29 Å². The topological polar surface area (TPSA) is 73.6 Å². The summed E-state index contributed by atoms with van der Waals surface area (Å²) in [4.78, 5) is 12.2. The molecule has 1 saturated carbocycles. The van der Waals surface area contributed by atoms with Crippen molar-refractivity contribution in [2.24, 2.45) is 5.73 Å². The summed E-state index contributed by atoms with van der Waals surface area (Å²) in [5.41, 5.74) is 7.61. The summed E-state index contributed by atoms with van der Waals surface area (Å²) < 4.78 is 10.9. The van der Waals surface area contributed by atoms with Crippen molar-refractivity contribution in [1.29, 1.82) is 0 Å². The van der Waals surface area contributed by atoms with Gasteiger partial charge in [0.2, 0.25) is 5.91 Å². The Hall–Kier alpha value is -1.43. The second kappa shape index (κ2) is 6.13. The molecule has 2 aliphatic rings. The predicted molar refractivity (Wildman–Crippen MR) is 79.7 cm³/mol. The van der Waals surface area contributed by atoms with E-state index in [4.69, 9.17) is 15.2 Å². The molecule has 1 aromatic rings. The van der Waals surface area contributed by atoms with Gasteiger partial charge in [0.1, 0.15) is 0 Å². The molecule has 1 saturated heterocycles. The van der Waals surface area contributed by atoms with E-state index in [9.17, 15) is 4.79 Å². The molecule has 1 aliphatic heterocycles. The number of carbonyl (C=O) groups excluding carboxylic acids is 1. The van der Waals surface area contributed by atoms with E-state index < -0.39 is 0 Å². The van der Waals surface area contributed by atoms with E-state index in [1.807, 2.05) is 24.3 Å². The zero-order valence-electron chi connectivity index (χ0n) is 12.1. The van der Waals surface area contributed by atoms with Crippen molar-refractivity contribution in [1.82, 2.24) is 0 Å². The highest BCUT2D eigenvalue weighted by atomic mass is 16.7. The van der Waals surface area contributed by atoms with Crippen LogP contribution in [0.25, 0.3) is 0 Å². The molecule has 1 aromatic carbocycles. The Morgan fingerprint density at radius 2 is 2.00 bits per heavy atom. The summed E-state index contributed by atoms with van der Waals surface area (Å²) in [6.07, 6.45) is 4.17. The van der Waals surface area contributed by atoms with Gasteiger partial charge in [0.05, 0.1) is 13.2 Å². The van der Waals surface area contributed by atoms with Gasteiger partial charge in [-0.15, -0.1) is 0 Å². The summed E-state index contributed by atoms with van der Waals surface area (Å²) in [6, 6.07) is 7.59. The summed E-state index contributed by atoms with van der Waals surface area (Å²) in [7, 11) is 0. The Balaban J connectivity index is 1.61. The predicted octanol–water partition coefficient (Wildman–Crippen LogP) is 2.33. The zero-order chi connectivity index (χ0) is 14.7. The van der Waals surface area contributed by atoms with Crippen molar-refractivity contribution in [2.75, 3.05) is 18.5 Å². The second-order valence-corrected chi connectivity index (χ2v) is 5.99. The van der Waals surface area contributed by atoms with Crippen molar-refractivity contribution in [2.45, 2.75) is 43.9 Å². The Kier molecular flexibility index (Phi) is 4.24. The molecule has 0 spiro atoms. The maximum absolute atomic E-state index is 12.2. The standard InChI is InChI=1S/C16H22N2O3/c17-16(6-1-2-7-16)11-14(19)18-13-5-3-4-12(10-13)15-20-8-9-21-15/h3-5,10,15H,1-2,6-9,11,17H2,(H,18,19). The molecule has 114 valence electrons. The Morgan fingerprint density at radius 3 is 2.71 bits per heavy atom. The molecule has 1 heterocycles. The van der Waals surface area contributed by atoms with Crippen LogP contribution >= 0.6 is 0 Å². The number of carbonyl (C=O) groups is 1. The number of rotatable bonds is 4. The van der Waals surface area contributed by atoms with Crippen LogP contribution in [0.15, 0.2) is 24.3 Å². The molecule has 1 amide bonds. The van der Waals surface area contributed by atoms with Gasteiger partial charge in [-0.25, -0.2) is 0 Å². The third kappa shape index (κ3) is 3.61. The van der Waals surface area contributed by atoms with E-state index in [0.29, 0.717) is 19.6 Å². The summed E-state index contributed by atoms with van der Waals surface area (Å²) >= 11 is 0. The number of ether oxygens (including phenoxy) is 2. The van der Waals surface area contributed by atoms with E-state index >= 15 is 0 Å². The molecule has 3 rings (SSSR count). The van der Waals surface area contributed by atoms with Gasteiger partial charge >= 0.3 is 0 Å². The van der Waals surface area contributed by atoms with Crippen LogP contribution in [-0.4, -0.2) is 24.7 Å². The first-order chi connectivity index (χ1) is 10.1. The fourth-order valence-corrected chi connectivity index (χ4v) is 3.09. The van der Waals surface area contributed by atoms with E-state index in [1.54, 1.807) is 0 Å². The van der Waals surface area contributed by atoms with Gasteiger partial charge in [-0.2, -0.15) is 0 Å². The molecule has 0 bridgehead atoms. The number of anilines is 1. The number of hydrogen-bond acceptors (Lipinski definition) is 4. The number of amides is 1. The molecule has 3 N–H and O–H groups in total. The minimum Gasteiger partial charge on any atom is -0.346 e. The molecular formula is C16H22N2O3. The molecule has 2 fully saturated rings. The first-order valence-electron chi connectivity index (χ1n) is 7.57. The lowest BCUT2D eigenvalue weighted by Gasteiger charge is -2.22. The van der Waals surface area contributed by atoms with Gasteiger partial charge in [0.25, 0.3) is 0 Å². The van der Waals surface area contributed by atoms with E-state index in [-0.39, 0.29) is 17.7 Å². The molecule has 0 unspecified atom stereocenters. The monoisotopic (exact) mass is 290 g/mol. The highest BCUT2D eigenvalue weighted by Gasteiger charge is 2.31. The van der Waals surface area contributed by atoms with E-state index in [0.717, 1.165) is 36.9 Å². The van der Waals surface area contributed by atoms with Crippen LogP contribution in [0.4, 0.5) is 5.69 Å². The fraction of sp³-hybridized carbons (Fsp3) is 0.562. The summed E-state index contributed by atoms with van der Waals surface area (Å²) in [5.74, 6) is -0.0233. The first kappa shape index (κ1) is 14.5. The lowest BCUT2D eigenvalue weighted by molar-refractivity contribution is -0.117. The van der Waals surface area contributed by atoms with Crippen molar-refractivity contribution >= 4 is 11.6 Å². The summed E-state index contributed by atoms with van der Waals surface area (Å²) in [5, 5.41) is 2.93. The van der Waals surface area contributed by atoms with Crippen LogP contribution in [0.3, 0.4) is 0 Å². The first-order valence-corrected chi connectivity index (χ1v) is 7.57. The minimum absolute atomic E-state index is 0.0233. The Morgan fingerprint density at radius 1 is 1.29 bits per heavy atom. The highest BCUT2D eigenvalue weighted by molar-refractivity contribution is 5.91. The second-order valence-electron chi connectivity index (χ2n) is 5.99. The van der Waals surface area contributed by atoms with Crippen LogP contribution in [0.5, 0.6) is 0 Å². The lowest BCUT2D eigenvalue weighted by Crippen LogP contribution is -2.40. The quantitative estimate of drug-likeness (QED) is 0.892. The lowest BCUT2D eigenvalue weighted by atomic mass is 9.94. The molecular weight excluding hydrogens is 268 g/mol. The average molecular weight is 290 g/mol. The third-order valence-corrected chi connectivity index (χ3v) is 4.18. The largest absolute Gasteiger partial charge is 0.346 e. The van der Waals surface area contributed by atoms with Crippen molar-refractivity contribution in [3.63, 3.8) is 0 Å². The Bertz CT molecular complexity index is 506. The van der Waals surface area contributed by atoms with Gasteiger partial charge in [-0.3, -0.25) is 4.79 Å². The molecule has 5 heteroatoms. The van der Waals surface area contributed by atoms with Crippen LogP contribution < -0.4 is 11.1 Å². The van der Waals surface area contributed by atoms with Gasteiger partial charge in [-0.1, -0.05) is 25.0 Å². The summed E-state index contributed by atoms with van der Waals surface area (Å²) in [6.45, 7) is 1.22. The normalized spacial score (nSPS) is 21.6. The smallest absolute Gasteiger partial charge is 0.226 e. The SMILES string of the molecule is NC1(CC(=O)Nc2cccc(C3OCCO3)c2)CCCC1. The number of nitrogens with two attached hydrogens (primary N) is 1. The van der Waals surface area contributed by atoms with Crippen LogP contribution in [0, 0.1) is 0 Å². The van der Waals surface area contributed by atoms with Gasteiger partial charge in [-0.05, 0) is 25.0 Å². The van der Waals surface area contributed by atoms with Crippen LogP contribution in [0.2, 0.25) is 0 Å². The van der Waals surface area contributed by atoms with Crippen molar-refractivity contribution < 1.29 is 14.3 Å². The average Bonchev–Trinajstić information content (AvgIpc) is 3.10. The van der Waals surface area contributed by atoms with Gasteiger partial charge < -0.3 is 20.5 Å². The molecule has 0 aromatic heterocycles. The van der Waals surface area contributed by atoms with E-state index in [1.165, 1.54) is 0 Å². The van der Waals surface area contributed by atoms with Crippen molar-refractivity contribution in [3.05, 3.63) is 29.8 Å². The Labute approximate surface area is 124 Å². The zero-order valence-corrected chi connectivity index (χ0v) is 12.1. The van der Waals surface area contributed by atoms with Crippen LogP contribution in [-0.2, 0) is 14.3 Å². The molecule has 21 heavy (non-hydrogen) atoms. The minimum atomic E-state index is -0.322. The number of nitrogens with one attached hydrogen (secondary N) is 1. The molecule has 0 radical (unpaired) electrons.